The summed E-state index contributed by atoms with van der Waals surface area (Å²) in [7, 11) is 1.75. The summed E-state index contributed by atoms with van der Waals surface area (Å²) >= 11 is 5.64. The second kappa shape index (κ2) is 6.11. The predicted octanol–water partition coefficient (Wildman–Crippen LogP) is 0.712. The standard InChI is InChI=1S/C11H16ClN5O/c1-3-17(2)10(14)9(13)11(18)16-7-4-5-8(12)15-6-7/h4-6H,3,13-14H2,1-2H3,(H,16,18)/b10-9-. The number of amides is 1. The summed E-state index contributed by atoms with van der Waals surface area (Å²) in [4.78, 5) is 17.3. The predicted molar refractivity (Wildman–Crippen MR) is 71.6 cm³/mol. The third-order valence-corrected chi connectivity index (χ3v) is 2.62. The van der Waals surface area contributed by atoms with E-state index in [1.807, 2.05) is 6.92 Å². The Morgan fingerprint density at radius 1 is 1.50 bits per heavy atom. The van der Waals surface area contributed by atoms with Gasteiger partial charge in [0.2, 0.25) is 0 Å². The number of nitrogens with zero attached hydrogens (tertiary/aromatic N) is 2. The third kappa shape index (κ3) is 3.53. The van der Waals surface area contributed by atoms with Gasteiger partial charge < -0.3 is 21.7 Å². The Balaban J connectivity index is 2.79. The van der Waals surface area contributed by atoms with E-state index in [-0.39, 0.29) is 11.5 Å². The van der Waals surface area contributed by atoms with Gasteiger partial charge in [-0.2, -0.15) is 0 Å². The highest BCUT2D eigenvalue weighted by molar-refractivity contribution is 6.29. The van der Waals surface area contributed by atoms with E-state index in [1.54, 1.807) is 24.1 Å². The van der Waals surface area contributed by atoms with Crippen molar-refractivity contribution in [2.75, 3.05) is 18.9 Å². The van der Waals surface area contributed by atoms with E-state index in [4.69, 9.17) is 23.1 Å². The molecule has 1 rings (SSSR count). The number of carbonyl (C=O) groups excluding carboxylic acids is 1. The topological polar surface area (TPSA) is 97.3 Å². The average Bonchev–Trinajstić information content (AvgIpc) is 2.38. The number of nitrogens with one attached hydrogen (secondary N) is 1. The van der Waals surface area contributed by atoms with E-state index in [9.17, 15) is 4.79 Å². The summed E-state index contributed by atoms with van der Waals surface area (Å²) in [5.41, 5.74) is 11.9. The monoisotopic (exact) mass is 269 g/mol. The van der Waals surface area contributed by atoms with Crippen LogP contribution in [0.3, 0.4) is 0 Å². The number of pyridine rings is 1. The molecule has 0 spiro atoms. The lowest BCUT2D eigenvalue weighted by molar-refractivity contribution is -0.113. The first-order chi connectivity index (χ1) is 8.45. The molecule has 0 aliphatic heterocycles. The van der Waals surface area contributed by atoms with Crippen LogP contribution in [0.1, 0.15) is 6.92 Å². The van der Waals surface area contributed by atoms with Gasteiger partial charge in [-0.05, 0) is 19.1 Å². The fourth-order valence-corrected chi connectivity index (χ4v) is 1.25. The molecule has 0 bridgehead atoms. The second-order valence-corrected chi connectivity index (χ2v) is 4.02. The number of anilines is 1. The molecule has 1 amide bonds. The van der Waals surface area contributed by atoms with Crippen LogP contribution in [0.4, 0.5) is 5.69 Å². The molecular formula is C11H16ClN5O. The molecule has 0 fully saturated rings. The lowest BCUT2D eigenvalue weighted by Gasteiger charge is -2.18. The van der Waals surface area contributed by atoms with E-state index >= 15 is 0 Å². The van der Waals surface area contributed by atoms with Gasteiger partial charge in [0.1, 0.15) is 16.7 Å². The number of rotatable bonds is 4. The van der Waals surface area contributed by atoms with Crippen LogP contribution >= 0.6 is 11.6 Å². The molecule has 0 aliphatic rings. The summed E-state index contributed by atoms with van der Waals surface area (Å²) in [6.07, 6.45) is 1.44. The minimum absolute atomic E-state index is 0.0331. The lowest BCUT2D eigenvalue weighted by atomic mass is 10.3. The molecule has 1 aromatic heterocycles. The summed E-state index contributed by atoms with van der Waals surface area (Å²) in [5, 5.41) is 2.93. The average molecular weight is 270 g/mol. The van der Waals surface area contributed by atoms with Gasteiger partial charge >= 0.3 is 0 Å². The zero-order chi connectivity index (χ0) is 13.7. The fourth-order valence-electron chi connectivity index (χ4n) is 1.14. The number of halogens is 1. The fraction of sp³-hybridized carbons (Fsp3) is 0.273. The molecule has 0 aliphatic carbocycles. The maximum absolute atomic E-state index is 11.8. The Labute approximate surface area is 111 Å². The highest BCUT2D eigenvalue weighted by atomic mass is 35.5. The van der Waals surface area contributed by atoms with Crippen molar-refractivity contribution in [1.29, 1.82) is 0 Å². The van der Waals surface area contributed by atoms with E-state index in [0.717, 1.165) is 0 Å². The summed E-state index contributed by atoms with van der Waals surface area (Å²) in [5.74, 6) is -0.242. The van der Waals surface area contributed by atoms with Crippen molar-refractivity contribution in [2.24, 2.45) is 11.5 Å². The smallest absolute Gasteiger partial charge is 0.275 e. The Kier molecular flexibility index (Phi) is 4.79. The molecule has 6 nitrogen and oxygen atoms in total. The first kappa shape index (κ1) is 14.1. The normalized spacial score (nSPS) is 11.7. The van der Waals surface area contributed by atoms with Crippen LogP contribution in [0.5, 0.6) is 0 Å². The number of hydrogen-bond donors (Lipinski definition) is 3. The van der Waals surface area contributed by atoms with E-state index in [2.05, 4.69) is 10.3 Å². The maximum atomic E-state index is 11.8. The van der Waals surface area contributed by atoms with Crippen molar-refractivity contribution in [1.82, 2.24) is 9.88 Å². The zero-order valence-electron chi connectivity index (χ0n) is 10.3. The Bertz CT molecular complexity index is 457. The van der Waals surface area contributed by atoms with Crippen molar-refractivity contribution in [3.8, 4) is 0 Å². The molecule has 1 aromatic rings. The van der Waals surface area contributed by atoms with Crippen molar-refractivity contribution >= 4 is 23.2 Å². The van der Waals surface area contributed by atoms with Crippen LogP contribution in [0, 0.1) is 0 Å². The molecule has 0 atom stereocenters. The van der Waals surface area contributed by atoms with Crippen LogP contribution in [-0.4, -0.2) is 29.4 Å². The van der Waals surface area contributed by atoms with Gasteiger partial charge in [-0.3, -0.25) is 4.79 Å². The van der Waals surface area contributed by atoms with Crippen LogP contribution in [0.15, 0.2) is 29.8 Å². The minimum atomic E-state index is -0.475. The van der Waals surface area contributed by atoms with Gasteiger partial charge in [0, 0.05) is 13.6 Å². The van der Waals surface area contributed by atoms with Crippen LogP contribution < -0.4 is 16.8 Å². The molecule has 0 saturated carbocycles. The SMILES string of the molecule is CCN(C)/C(N)=C(\N)C(=O)Nc1ccc(Cl)nc1. The Morgan fingerprint density at radius 3 is 2.67 bits per heavy atom. The molecule has 18 heavy (non-hydrogen) atoms. The largest absolute Gasteiger partial charge is 0.391 e. The van der Waals surface area contributed by atoms with Crippen LogP contribution in [-0.2, 0) is 4.79 Å². The number of carbonyl (C=O) groups is 1. The molecule has 98 valence electrons. The molecule has 1 heterocycles. The molecule has 0 saturated heterocycles. The number of aromatic nitrogens is 1. The van der Waals surface area contributed by atoms with E-state index < -0.39 is 5.91 Å². The van der Waals surface area contributed by atoms with Gasteiger partial charge in [0.05, 0.1) is 11.9 Å². The highest BCUT2D eigenvalue weighted by Crippen LogP contribution is 2.10. The molecule has 0 aromatic carbocycles. The molecule has 7 heteroatoms. The Morgan fingerprint density at radius 2 is 2.17 bits per heavy atom. The van der Waals surface area contributed by atoms with Crippen molar-refractivity contribution in [3.05, 3.63) is 35.0 Å². The number of nitrogens with two attached hydrogens (primary N) is 2. The molecule has 0 unspecified atom stereocenters. The van der Waals surface area contributed by atoms with Gasteiger partial charge in [-0.25, -0.2) is 4.98 Å². The van der Waals surface area contributed by atoms with Gasteiger partial charge in [0.25, 0.3) is 5.91 Å². The molecule has 0 radical (unpaired) electrons. The Hall–Kier alpha value is -1.95. The first-order valence-electron chi connectivity index (χ1n) is 5.35. The lowest BCUT2D eigenvalue weighted by Crippen LogP contribution is -2.32. The number of hydrogen-bond acceptors (Lipinski definition) is 5. The van der Waals surface area contributed by atoms with Crippen molar-refractivity contribution in [3.63, 3.8) is 0 Å². The van der Waals surface area contributed by atoms with E-state index in [0.29, 0.717) is 17.4 Å². The highest BCUT2D eigenvalue weighted by Gasteiger charge is 2.12. The minimum Gasteiger partial charge on any atom is -0.391 e. The van der Waals surface area contributed by atoms with E-state index in [1.165, 1.54) is 6.20 Å². The van der Waals surface area contributed by atoms with Gasteiger partial charge in [0.15, 0.2) is 0 Å². The summed E-state index contributed by atoms with van der Waals surface area (Å²) < 4.78 is 0. The first-order valence-corrected chi connectivity index (χ1v) is 5.72. The zero-order valence-corrected chi connectivity index (χ0v) is 11.0. The molecular weight excluding hydrogens is 254 g/mol. The maximum Gasteiger partial charge on any atom is 0.275 e. The third-order valence-electron chi connectivity index (χ3n) is 2.39. The summed E-state index contributed by atoms with van der Waals surface area (Å²) in [6, 6.07) is 3.19. The second-order valence-electron chi connectivity index (χ2n) is 3.64. The summed E-state index contributed by atoms with van der Waals surface area (Å²) in [6.45, 7) is 2.56. The van der Waals surface area contributed by atoms with Gasteiger partial charge in [-0.15, -0.1) is 0 Å². The van der Waals surface area contributed by atoms with Crippen LogP contribution in [0.2, 0.25) is 5.15 Å². The van der Waals surface area contributed by atoms with Crippen molar-refractivity contribution in [2.45, 2.75) is 6.92 Å². The molecule has 5 N–H and O–H groups in total. The van der Waals surface area contributed by atoms with Crippen molar-refractivity contribution < 1.29 is 4.79 Å². The quantitative estimate of drug-likeness (QED) is 0.552. The van der Waals surface area contributed by atoms with Crippen LogP contribution in [0.25, 0.3) is 0 Å². The van der Waals surface area contributed by atoms with Gasteiger partial charge in [-0.1, -0.05) is 11.6 Å².